The van der Waals surface area contributed by atoms with E-state index in [9.17, 15) is 8.78 Å². The van der Waals surface area contributed by atoms with Gasteiger partial charge in [0.1, 0.15) is 17.7 Å². The molecule has 2 heterocycles. The number of rotatable bonds is 3. The van der Waals surface area contributed by atoms with Gasteiger partial charge in [0.15, 0.2) is 0 Å². The number of hydrogen-bond donors (Lipinski definition) is 1. The molecule has 2 aliphatic rings. The molecule has 3 atom stereocenters. The quantitative estimate of drug-likeness (QED) is 0.861. The Hall–Kier alpha value is -1.07. The molecule has 0 bridgehead atoms. The van der Waals surface area contributed by atoms with Gasteiger partial charge in [0, 0.05) is 24.4 Å². The molecule has 1 saturated heterocycles. The molecule has 2 unspecified atom stereocenters. The van der Waals surface area contributed by atoms with Crippen molar-refractivity contribution in [2.75, 3.05) is 32.9 Å². The van der Waals surface area contributed by atoms with Crippen LogP contribution in [0.4, 0.5) is 8.78 Å². The van der Waals surface area contributed by atoms with Gasteiger partial charge >= 0.3 is 0 Å². The lowest BCUT2D eigenvalue weighted by atomic mass is 9.99. The van der Waals surface area contributed by atoms with Crippen molar-refractivity contribution in [3.8, 4) is 0 Å². The van der Waals surface area contributed by atoms with Gasteiger partial charge in [-0.1, -0.05) is 9.39 Å². The Kier molecular flexibility index (Phi) is 5.03. The van der Waals surface area contributed by atoms with Crippen LogP contribution in [0.15, 0.2) is 30.0 Å². The lowest BCUT2D eigenvalue weighted by Gasteiger charge is -2.37. The summed E-state index contributed by atoms with van der Waals surface area (Å²) in [6, 6.07) is 3.20. The van der Waals surface area contributed by atoms with Crippen molar-refractivity contribution in [2.45, 2.75) is 12.1 Å². The Morgan fingerprint density at radius 2 is 2.00 bits per heavy atom. The van der Waals surface area contributed by atoms with Gasteiger partial charge in [-0.15, -0.1) is 0 Å². The largest absolute Gasteiger partial charge is 0.378 e. The molecule has 1 fully saturated rings. The van der Waals surface area contributed by atoms with Gasteiger partial charge in [-0.05, 0) is 24.3 Å². The third-order valence-corrected chi connectivity index (χ3v) is 4.37. The molecule has 0 spiro atoms. The molecule has 1 N–H and O–H groups in total. The Labute approximate surface area is 130 Å². The summed E-state index contributed by atoms with van der Waals surface area (Å²) in [6.45, 7) is 3.40. The van der Waals surface area contributed by atoms with Crippen LogP contribution in [0.1, 0.15) is 11.7 Å². The number of benzene rings is 1. The van der Waals surface area contributed by atoms with Crippen LogP contribution in [0.2, 0.25) is 0 Å². The van der Waals surface area contributed by atoms with Gasteiger partial charge < -0.3 is 14.4 Å². The van der Waals surface area contributed by atoms with Crippen LogP contribution in [0, 0.1) is 11.6 Å². The molecule has 1 aromatic rings. The second-order valence-electron chi connectivity index (χ2n) is 5.35. The zero-order valence-electron chi connectivity index (χ0n) is 12.1. The molecule has 0 radical (unpaired) electrons. The highest BCUT2D eigenvalue weighted by molar-refractivity contribution is 7.13. The molecule has 0 aliphatic carbocycles. The van der Waals surface area contributed by atoms with E-state index in [1.165, 1.54) is 6.07 Å². The minimum atomic E-state index is -0.557. The van der Waals surface area contributed by atoms with E-state index < -0.39 is 17.7 Å². The first-order valence-electron chi connectivity index (χ1n) is 7.25. The van der Waals surface area contributed by atoms with Gasteiger partial charge in [0.25, 0.3) is 0 Å². The fourth-order valence-electron chi connectivity index (χ4n) is 2.82. The summed E-state index contributed by atoms with van der Waals surface area (Å²) in [5, 5.41) is 3.04. The van der Waals surface area contributed by atoms with E-state index in [1.807, 2.05) is 6.08 Å². The number of hydrogen-bond acceptors (Lipinski definition) is 4. The molecule has 0 amide bonds. The summed E-state index contributed by atoms with van der Waals surface area (Å²) < 4.78 is 38.6. The molecule has 0 saturated carbocycles. The minimum absolute atomic E-state index is 0.234. The topological polar surface area (TPSA) is 33.7 Å². The summed E-state index contributed by atoms with van der Waals surface area (Å²) in [5.74, 6) is -0.926. The normalized spacial score (nSPS) is 26.0. The highest BCUT2D eigenvalue weighted by atomic mass is 31.0. The van der Waals surface area contributed by atoms with Crippen molar-refractivity contribution in [3.05, 3.63) is 47.2 Å². The molecule has 3 rings (SSSR count). The summed E-state index contributed by atoms with van der Waals surface area (Å²) in [5.41, 5.74) is 1.29. The van der Waals surface area contributed by atoms with Crippen LogP contribution in [-0.4, -0.2) is 43.9 Å². The van der Waals surface area contributed by atoms with E-state index in [2.05, 4.69) is 19.4 Å². The second-order valence-corrected chi connectivity index (χ2v) is 5.68. The zero-order chi connectivity index (χ0) is 15.5. The molecule has 1 aromatic carbocycles. The number of ether oxygens (including phenoxy) is 2. The summed E-state index contributed by atoms with van der Waals surface area (Å²) >= 11 is 0. The highest BCUT2D eigenvalue weighted by Crippen LogP contribution is 2.31. The molecule has 0 aromatic heterocycles. The van der Waals surface area contributed by atoms with Crippen molar-refractivity contribution >= 4 is 9.39 Å². The maximum absolute atomic E-state index is 14.0. The Bertz CT molecular complexity index is 564. The third-order valence-electron chi connectivity index (χ3n) is 3.98. The highest BCUT2D eigenvalue weighted by Gasteiger charge is 2.30. The predicted molar refractivity (Wildman–Crippen MR) is 82.2 cm³/mol. The van der Waals surface area contributed by atoms with E-state index in [0.29, 0.717) is 19.8 Å². The van der Waals surface area contributed by atoms with Gasteiger partial charge in [-0.3, -0.25) is 5.09 Å². The van der Waals surface area contributed by atoms with Crippen LogP contribution >= 0.6 is 9.39 Å². The van der Waals surface area contributed by atoms with Crippen molar-refractivity contribution in [1.29, 1.82) is 0 Å². The van der Waals surface area contributed by atoms with Crippen LogP contribution < -0.4 is 5.09 Å². The molecule has 120 valence electrons. The van der Waals surface area contributed by atoms with Crippen molar-refractivity contribution in [3.63, 3.8) is 0 Å². The second kappa shape index (κ2) is 7.01. The van der Waals surface area contributed by atoms with E-state index in [0.717, 1.165) is 30.9 Å². The van der Waals surface area contributed by atoms with Crippen molar-refractivity contribution in [1.82, 2.24) is 9.99 Å². The maximum atomic E-state index is 14.0. The number of nitrogens with zero attached hydrogens (tertiary/aromatic N) is 1. The lowest BCUT2D eigenvalue weighted by Crippen LogP contribution is -2.42. The number of halogens is 2. The van der Waals surface area contributed by atoms with Gasteiger partial charge in [0.2, 0.25) is 0 Å². The van der Waals surface area contributed by atoms with E-state index in [4.69, 9.17) is 9.47 Å². The SMILES string of the molecule is Fc1ccc(F)c([C@H]2OCC(N3CCOCC3)=CC2NP)c1. The lowest BCUT2D eigenvalue weighted by molar-refractivity contribution is 0.00660. The zero-order valence-corrected chi connectivity index (χ0v) is 13.3. The fraction of sp³-hybridized carbons (Fsp3) is 0.467. The maximum Gasteiger partial charge on any atom is 0.129 e. The monoisotopic (exact) mass is 328 g/mol. The molecule has 22 heavy (non-hydrogen) atoms. The third kappa shape index (κ3) is 3.30. The first kappa shape index (κ1) is 15.8. The molecular formula is C15H19F2N2O2P. The average Bonchev–Trinajstić information content (AvgIpc) is 2.57. The van der Waals surface area contributed by atoms with Crippen LogP contribution in [-0.2, 0) is 9.47 Å². The molecule has 7 heteroatoms. The first-order chi connectivity index (χ1) is 10.7. The number of nitrogens with one attached hydrogen (secondary N) is 1. The minimum Gasteiger partial charge on any atom is -0.378 e. The van der Waals surface area contributed by atoms with E-state index in [-0.39, 0.29) is 11.6 Å². The standard InChI is InChI=1S/C15H19F2N2O2P/c16-10-1-2-13(17)12(7-10)15-14(18-22)8-11(9-21-15)19-3-5-20-6-4-19/h1-2,7-8,14-15,18H,3-6,9,22H2/t14?,15-/m1/s1. The van der Waals surface area contributed by atoms with E-state index in [1.54, 1.807) is 0 Å². The number of morpholine rings is 1. The fourth-order valence-corrected chi connectivity index (χ4v) is 3.09. The van der Waals surface area contributed by atoms with Crippen LogP contribution in [0.25, 0.3) is 0 Å². The summed E-state index contributed by atoms with van der Waals surface area (Å²) in [6.07, 6.45) is 1.47. The Balaban J connectivity index is 1.83. The summed E-state index contributed by atoms with van der Waals surface area (Å²) in [7, 11) is 2.42. The Morgan fingerprint density at radius 1 is 1.23 bits per heavy atom. The van der Waals surface area contributed by atoms with Gasteiger partial charge in [-0.25, -0.2) is 8.78 Å². The van der Waals surface area contributed by atoms with E-state index >= 15 is 0 Å². The average molecular weight is 328 g/mol. The molecule has 4 nitrogen and oxygen atoms in total. The predicted octanol–water partition coefficient (Wildman–Crippen LogP) is 2.00. The Morgan fingerprint density at radius 3 is 2.73 bits per heavy atom. The van der Waals surface area contributed by atoms with Crippen molar-refractivity contribution < 1.29 is 18.3 Å². The van der Waals surface area contributed by atoms with Crippen LogP contribution in [0.3, 0.4) is 0 Å². The van der Waals surface area contributed by atoms with Crippen molar-refractivity contribution in [2.24, 2.45) is 0 Å². The smallest absolute Gasteiger partial charge is 0.129 e. The van der Waals surface area contributed by atoms with Crippen LogP contribution in [0.5, 0.6) is 0 Å². The van der Waals surface area contributed by atoms with Gasteiger partial charge in [0.05, 0.1) is 25.9 Å². The first-order valence-corrected chi connectivity index (χ1v) is 7.83. The van der Waals surface area contributed by atoms with Gasteiger partial charge in [-0.2, -0.15) is 0 Å². The molecule has 2 aliphatic heterocycles. The summed E-state index contributed by atoms with van der Waals surface area (Å²) in [4.78, 5) is 2.21. The molecular weight excluding hydrogens is 309 g/mol.